The normalized spacial score (nSPS) is 13.6. The van der Waals surface area contributed by atoms with Crippen LogP contribution in [-0.4, -0.2) is 36.0 Å². The van der Waals surface area contributed by atoms with Crippen molar-refractivity contribution < 1.29 is 4.79 Å². The number of rotatable bonds is 6. The van der Waals surface area contributed by atoms with Crippen molar-refractivity contribution >= 4 is 35.1 Å². The van der Waals surface area contributed by atoms with Gasteiger partial charge in [0.15, 0.2) is 5.16 Å². The van der Waals surface area contributed by atoms with Gasteiger partial charge in [-0.25, -0.2) is 9.97 Å². The van der Waals surface area contributed by atoms with Gasteiger partial charge in [-0.3, -0.25) is 4.79 Å². The van der Waals surface area contributed by atoms with Crippen molar-refractivity contribution in [2.45, 2.75) is 29.8 Å². The number of hydrogen-bond donors (Lipinski definition) is 1. The minimum Gasteiger partial charge on any atom is -0.363 e. The monoisotopic (exact) mass is 362 g/mol. The van der Waals surface area contributed by atoms with Crippen molar-refractivity contribution in [1.82, 2.24) is 15.3 Å². The summed E-state index contributed by atoms with van der Waals surface area (Å²) in [6, 6.07) is 9.76. The van der Waals surface area contributed by atoms with Crippen LogP contribution in [0, 0.1) is 0 Å². The Hall–Kier alpha value is -1.79. The summed E-state index contributed by atoms with van der Waals surface area (Å²) in [5.41, 5.74) is 1.81. The van der Waals surface area contributed by atoms with Crippen LogP contribution in [0.25, 0.3) is 0 Å². The van der Waals surface area contributed by atoms with Crippen molar-refractivity contribution in [3.8, 4) is 0 Å². The molecule has 1 aliphatic rings. The Morgan fingerprint density at radius 2 is 2.00 bits per heavy atom. The number of carbonyl (C=O) groups excluding carboxylic acids is 1. The second-order valence-corrected chi connectivity index (χ2v) is 7.29. The predicted molar refractivity (Wildman–Crippen MR) is 97.9 cm³/mol. The maximum absolute atomic E-state index is 12.0. The Morgan fingerprint density at radius 1 is 1.29 bits per heavy atom. The molecule has 0 radical (unpaired) electrons. The van der Waals surface area contributed by atoms with E-state index < -0.39 is 0 Å². The van der Waals surface area contributed by atoms with Crippen molar-refractivity contribution in [3.63, 3.8) is 0 Å². The first-order valence-electron chi connectivity index (χ1n) is 7.76. The zero-order valence-corrected chi connectivity index (χ0v) is 15.2. The van der Waals surface area contributed by atoms with E-state index in [1.54, 1.807) is 6.07 Å². The number of halogens is 1. The molecule has 24 heavy (non-hydrogen) atoms. The first-order chi connectivity index (χ1) is 11.5. The van der Waals surface area contributed by atoms with Crippen LogP contribution in [0.5, 0.6) is 0 Å². The molecular weight excluding hydrogens is 344 g/mol. The summed E-state index contributed by atoms with van der Waals surface area (Å²) in [4.78, 5) is 22.6. The van der Waals surface area contributed by atoms with Gasteiger partial charge in [-0.15, -0.1) is 0 Å². The van der Waals surface area contributed by atoms with Gasteiger partial charge in [-0.1, -0.05) is 35.5 Å². The lowest BCUT2D eigenvalue weighted by molar-refractivity contribution is 0.0951. The van der Waals surface area contributed by atoms with Crippen LogP contribution in [0.4, 0.5) is 5.82 Å². The van der Waals surface area contributed by atoms with Crippen molar-refractivity contribution in [2.24, 2.45) is 0 Å². The third kappa shape index (κ3) is 4.61. The third-order valence-electron chi connectivity index (χ3n) is 3.62. The van der Waals surface area contributed by atoms with Gasteiger partial charge in [0.25, 0.3) is 5.91 Å². The molecule has 1 aromatic heterocycles. The third-order valence-corrected chi connectivity index (χ3v) is 4.73. The number of carbonyl (C=O) groups is 1. The minimum absolute atomic E-state index is 0.00509. The molecule has 3 rings (SSSR count). The zero-order chi connectivity index (χ0) is 17.1. The number of amides is 1. The van der Waals surface area contributed by atoms with E-state index in [0.717, 1.165) is 30.0 Å². The molecule has 1 N–H and O–H groups in total. The zero-order valence-electron chi connectivity index (χ0n) is 13.6. The Bertz CT molecular complexity index is 732. The van der Waals surface area contributed by atoms with Gasteiger partial charge in [0.1, 0.15) is 11.0 Å². The van der Waals surface area contributed by atoms with Gasteiger partial charge in [0.2, 0.25) is 0 Å². The molecule has 1 fully saturated rings. The topological polar surface area (TPSA) is 58.1 Å². The summed E-state index contributed by atoms with van der Waals surface area (Å²) >= 11 is 7.56. The smallest absolute Gasteiger partial charge is 0.251 e. The summed E-state index contributed by atoms with van der Waals surface area (Å²) in [6.07, 6.45) is 2.18. The molecule has 126 valence electrons. The summed E-state index contributed by atoms with van der Waals surface area (Å²) in [7, 11) is 3.83. The molecule has 0 atom stereocenters. The fraction of sp³-hybridized carbons (Fsp3) is 0.353. The molecule has 0 spiro atoms. The van der Waals surface area contributed by atoms with E-state index in [1.165, 1.54) is 11.8 Å². The lowest BCUT2D eigenvalue weighted by Gasteiger charge is -2.12. The quantitative estimate of drug-likeness (QED) is 0.485. The van der Waals surface area contributed by atoms with Crippen molar-refractivity contribution in [2.75, 3.05) is 19.0 Å². The van der Waals surface area contributed by atoms with Gasteiger partial charge in [0, 0.05) is 37.5 Å². The molecule has 1 aromatic carbocycles. The number of aromatic nitrogens is 2. The Kier molecular flexibility index (Phi) is 5.26. The SMILES string of the molecule is CN(C)c1cc(Cl)nc(SCc2ccc(C(=O)NC3CC3)cc2)n1. The molecule has 5 nitrogen and oxygen atoms in total. The number of nitrogens with one attached hydrogen (secondary N) is 1. The van der Waals surface area contributed by atoms with Gasteiger partial charge < -0.3 is 10.2 Å². The van der Waals surface area contributed by atoms with Crippen LogP contribution in [-0.2, 0) is 5.75 Å². The van der Waals surface area contributed by atoms with Crippen LogP contribution in [0.2, 0.25) is 5.15 Å². The highest BCUT2D eigenvalue weighted by Crippen LogP contribution is 2.24. The van der Waals surface area contributed by atoms with Crippen LogP contribution in [0.15, 0.2) is 35.5 Å². The maximum Gasteiger partial charge on any atom is 0.251 e. The van der Waals surface area contributed by atoms with E-state index in [4.69, 9.17) is 11.6 Å². The second kappa shape index (κ2) is 7.40. The van der Waals surface area contributed by atoms with Crippen LogP contribution >= 0.6 is 23.4 Å². The molecule has 7 heteroatoms. The molecular formula is C17H19ClN4OS. The average molecular weight is 363 g/mol. The lowest BCUT2D eigenvalue weighted by atomic mass is 10.1. The molecule has 0 bridgehead atoms. The van der Waals surface area contributed by atoms with E-state index >= 15 is 0 Å². The van der Waals surface area contributed by atoms with E-state index in [2.05, 4.69) is 15.3 Å². The summed E-state index contributed by atoms with van der Waals surface area (Å²) < 4.78 is 0. The van der Waals surface area contributed by atoms with Crippen LogP contribution < -0.4 is 10.2 Å². The van der Waals surface area contributed by atoms with E-state index in [0.29, 0.717) is 21.9 Å². The summed E-state index contributed by atoms with van der Waals surface area (Å²) in [6.45, 7) is 0. The predicted octanol–water partition coefficient (Wildman–Crippen LogP) is 3.38. The van der Waals surface area contributed by atoms with Gasteiger partial charge in [-0.2, -0.15) is 0 Å². The molecule has 1 heterocycles. The van der Waals surface area contributed by atoms with Crippen LogP contribution in [0.1, 0.15) is 28.8 Å². The number of thioether (sulfide) groups is 1. The highest BCUT2D eigenvalue weighted by Gasteiger charge is 2.23. The van der Waals surface area contributed by atoms with Crippen LogP contribution in [0.3, 0.4) is 0 Å². The fourth-order valence-corrected chi connectivity index (χ4v) is 3.11. The lowest BCUT2D eigenvalue weighted by Crippen LogP contribution is -2.25. The molecule has 0 aliphatic heterocycles. The number of benzene rings is 1. The minimum atomic E-state index is 0.00509. The van der Waals surface area contributed by atoms with E-state index in [9.17, 15) is 4.79 Å². The summed E-state index contributed by atoms with van der Waals surface area (Å²) in [5.74, 6) is 1.51. The molecule has 2 aromatic rings. The standard InChI is InChI=1S/C17H19ClN4OS/c1-22(2)15-9-14(18)20-17(21-15)24-10-11-3-5-12(6-4-11)16(23)19-13-7-8-13/h3-6,9,13H,7-8,10H2,1-2H3,(H,19,23). The Morgan fingerprint density at radius 3 is 2.62 bits per heavy atom. The molecule has 1 aliphatic carbocycles. The highest BCUT2D eigenvalue weighted by molar-refractivity contribution is 7.98. The molecule has 0 saturated heterocycles. The fourth-order valence-electron chi connectivity index (χ4n) is 2.08. The maximum atomic E-state index is 12.0. The van der Waals surface area contributed by atoms with Crippen molar-refractivity contribution in [3.05, 3.63) is 46.6 Å². The molecule has 1 saturated carbocycles. The Labute approximate surface area is 150 Å². The number of nitrogens with zero attached hydrogens (tertiary/aromatic N) is 3. The first-order valence-corrected chi connectivity index (χ1v) is 9.12. The highest BCUT2D eigenvalue weighted by atomic mass is 35.5. The summed E-state index contributed by atoms with van der Waals surface area (Å²) in [5, 5.41) is 4.06. The first kappa shape index (κ1) is 17.0. The van der Waals surface area contributed by atoms with Gasteiger partial charge >= 0.3 is 0 Å². The van der Waals surface area contributed by atoms with E-state index in [-0.39, 0.29) is 5.91 Å². The number of anilines is 1. The van der Waals surface area contributed by atoms with Gasteiger partial charge in [-0.05, 0) is 30.5 Å². The molecule has 1 amide bonds. The Balaban J connectivity index is 1.61. The van der Waals surface area contributed by atoms with E-state index in [1.807, 2.05) is 43.3 Å². The number of hydrogen-bond acceptors (Lipinski definition) is 5. The van der Waals surface area contributed by atoms with Crippen molar-refractivity contribution in [1.29, 1.82) is 0 Å². The molecule has 0 unspecified atom stereocenters. The average Bonchev–Trinajstić information content (AvgIpc) is 3.37. The second-order valence-electron chi connectivity index (χ2n) is 5.96. The largest absolute Gasteiger partial charge is 0.363 e. The van der Waals surface area contributed by atoms with Gasteiger partial charge in [0.05, 0.1) is 0 Å².